The lowest BCUT2D eigenvalue weighted by molar-refractivity contribution is 0.0338. The molecule has 0 amide bonds. The van der Waals surface area contributed by atoms with Gasteiger partial charge in [-0.05, 0) is 84.0 Å². The number of rotatable bonds is 5. The molecule has 2 aliphatic heterocycles. The van der Waals surface area contributed by atoms with Gasteiger partial charge in [0.2, 0.25) is 0 Å². The Balaban J connectivity index is 1.61. The number of hydrogen-bond donors (Lipinski definition) is 0. The quantitative estimate of drug-likeness (QED) is 0.554. The first kappa shape index (κ1) is 21.1. The normalized spacial score (nSPS) is 29.2. The third-order valence-corrected chi connectivity index (χ3v) is 8.37. The largest absolute Gasteiger partial charge is 0.294 e. The smallest absolute Gasteiger partial charge is 0.0368 e. The summed E-state index contributed by atoms with van der Waals surface area (Å²) >= 11 is 0. The molecule has 2 heterocycles. The van der Waals surface area contributed by atoms with Gasteiger partial charge >= 0.3 is 0 Å². The van der Waals surface area contributed by atoms with Gasteiger partial charge in [-0.15, -0.1) is 0 Å². The summed E-state index contributed by atoms with van der Waals surface area (Å²) in [6.07, 6.45) is 15.4. The Kier molecular flexibility index (Phi) is 6.58. The zero-order valence-electron chi connectivity index (χ0n) is 18.9. The van der Waals surface area contributed by atoms with E-state index in [0.29, 0.717) is 5.54 Å². The second kappa shape index (κ2) is 8.41. The van der Waals surface area contributed by atoms with Crippen molar-refractivity contribution in [3.63, 3.8) is 0 Å². The van der Waals surface area contributed by atoms with E-state index in [2.05, 4.69) is 69.6 Å². The maximum Gasteiger partial charge on any atom is 0.0368 e. The summed E-state index contributed by atoms with van der Waals surface area (Å²) in [4.78, 5) is 5.44. The maximum atomic E-state index is 2.78. The molecule has 0 radical (unpaired) electrons. The highest BCUT2D eigenvalue weighted by atomic mass is 15.2. The Labute approximate surface area is 169 Å². The molecule has 0 saturated heterocycles. The monoisotopic (exact) mass is 372 g/mol. The van der Waals surface area contributed by atoms with Crippen LogP contribution in [0.15, 0.2) is 23.8 Å². The van der Waals surface area contributed by atoms with Gasteiger partial charge in [0.15, 0.2) is 0 Å². The SMILES string of the molecule is CC(C)C1CCC(C(C)(C)N2CC=C(C(C)(C)N3CC=CCC3)CC2)CC1. The van der Waals surface area contributed by atoms with Gasteiger partial charge in [0, 0.05) is 37.3 Å². The standard InChI is InChI=1S/C25H44N2/c1-20(2)21-10-12-22(13-11-21)24(3,4)27-18-14-23(15-19-27)25(5,6)26-16-8-7-9-17-26/h7-8,14,20-22H,9-13,15-19H2,1-6H3. The third kappa shape index (κ3) is 4.53. The van der Waals surface area contributed by atoms with Gasteiger partial charge in [-0.1, -0.05) is 37.6 Å². The van der Waals surface area contributed by atoms with Crippen LogP contribution in [0.1, 0.15) is 80.1 Å². The average Bonchev–Trinajstić information content (AvgIpc) is 2.69. The predicted octanol–water partition coefficient (Wildman–Crippen LogP) is 5.90. The first-order valence-electron chi connectivity index (χ1n) is 11.6. The third-order valence-electron chi connectivity index (χ3n) is 8.37. The lowest BCUT2D eigenvalue weighted by atomic mass is 9.69. The van der Waals surface area contributed by atoms with Crippen LogP contribution in [-0.2, 0) is 0 Å². The lowest BCUT2D eigenvalue weighted by Crippen LogP contribution is -2.54. The Morgan fingerprint density at radius 2 is 1.59 bits per heavy atom. The number of hydrogen-bond acceptors (Lipinski definition) is 2. The fourth-order valence-corrected chi connectivity index (χ4v) is 5.85. The van der Waals surface area contributed by atoms with Crippen LogP contribution in [0.3, 0.4) is 0 Å². The minimum Gasteiger partial charge on any atom is -0.294 e. The van der Waals surface area contributed by atoms with Crippen molar-refractivity contribution in [2.24, 2.45) is 17.8 Å². The average molecular weight is 373 g/mol. The second-order valence-electron chi connectivity index (χ2n) is 10.7. The summed E-state index contributed by atoms with van der Waals surface area (Å²) in [5.41, 5.74) is 2.20. The van der Waals surface area contributed by atoms with Crippen LogP contribution in [-0.4, -0.2) is 47.1 Å². The van der Waals surface area contributed by atoms with Crippen LogP contribution in [0.2, 0.25) is 0 Å². The topological polar surface area (TPSA) is 6.48 Å². The minimum absolute atomic E-state index is 0.205. The van der Waals surface area contributed by atoms with Gasteiger partial charge in [0.25, 0.3) is 0 Å². The molecular formula is C25H44N2. The molecule has 0 unspecified atom stereocenters. The molecule has 1 fully saturated rings. The summed E-state index contributed by atoms with van der Waals surface area (Å²) in [6.45, 7) is 19.4. The van der Waals surface area contributed by atoms with Gasteiger partial charge in [-0.3, -0.25) is 9.80 Å². The molecule has 0 spiro atoms. The summed E-state index contributed by atoms with van der Waals surface area (Å²) in [6, 6.07) is 0. The van der Waals surface area contributed by atoms with Crippen molar-refractivity contribution in [3.05, 3.63) is 23.8 Å². The van der Waals surface area contributed by atoms with Crippen molar-refractivity contribution < 1.29 is 0 Å². The Morgan fingerprint density at radius 1 is 0.889 bits per heavy atom. The molecule has 0 aromatic heterocycles. The van der Waals surface area contributed by atoms with Crippen molar-refractivity contribution >= 4 is 0 Å². The summed E-state index contributed by atoms with van der Waals surface area (Å²) in [5.74, 6) is 2.69. The first-order valence-corrected chi connectivity index (χ1v) is 11.6. The van der Waals surface area contributed by atoms with Crippen molar-refractivity contribution in [3.8, 4) is 0 Å². The van der Waals surface area contributed by atoms with E-state index in [1.807, 2.05) is 0 Å². The molecule has 27 heavy (non-hydrogen) atoms. The van der Waals surface area contributed by atoms with Crippen LogP contribution in [0.25, 0.3) is 0 Å². The maximum absolute atomic E-state index is 2.78. The summed E-state index contributed by atoms with van der Waals surface area (Å²) in [7, 11) is 0. The molecule has 3 aliphatic rings. The van der Waals surface area contributed by atoms with Crippen LogP contribution < -0.4 is 0 Å². The molecular weight excluding hydrogens is 328 g/mol. The molecule has 1 aliphatic carbocycles. The van der Waals surface area contributed by atoms with Gasteiger partial charge in [0.1, 0.15) is 0 Å². The van der Waals surface area contributed by atoms with E-state index in [0.717, 1.165) is 30.8 Å². The summed E-state index contributed by atoms with van der Waals surface area (Å²) < 4.78 is 0. The zero-order chi connectivity index (χ0) is 19.7. The van der Waals surface area contributed by atoms with Gasteiger partial charge in [-0.2, -0.15) is 0 Å². The number of nitrogens with zero attached hydrogens (tertiary/aromatic N) is 2. The lowest BCUT2D eigenvalue weighted by Gasteiger charge is -2.50. The van der Waals surface area contributed by atoms with Gasteiger partial charge in [0.05, 0.1) is 0 Å². The second-order valence-corrected chi connectivity index (χ2v) is 10.7. The Hall–Kier alpha value is -0.600. The van der Waals surface area contributed by atoms with Crippen LogP contribution >= 0.6 is 0 Å². The van der Waals surface area contributed by atoms with Crippen LogP contribution in [0.4, 0.5) is 0 Å². The fraction of sp³-hybridized carbons (Fsp3) is 0.840. The molecule has 154 valence electrons. The van der Waals surface area contributed by atoms with E-state index in [1.165, 1.54) is 51.6 Å². The molecule has 0 N–H and O–H groups in total. The highest BCUT2D eigenvalue weighted by Gasteiger charge is 2.40. The van der Waals surface area contributed by atoms with Crippen LogP contribution in [0, 0.1) is 17.8 Å². The van der Waals surface area contributed by atoms with E-state index in [9.17, 15) is 0 Å². The van der Waals surface area contributed by atoms with Crippen molar-refractivity contribution in [2.45, 2.75) is 91.1 Å². The predicted molar refractivity (Wildman–Crippen MR) is 118 cm³/mol. The Bertz CT molecular complexity index is 547. The minimum atomic E-state index is 0.205. The highest BCUT2D eigenvalue weighted by molar-refractivity contribution is 5.22. The van der Waals surface area contributed by atoms with Crippen molar-refractivity contribution in [1.82, 2.24) is 9.80 Å². The summed E-state index contributed by atoms with van der Waals surface area (Å²) in [5, 5.41) is 0. The first-order chi connectivity index (χ1) is 12.7. The highest BCUT2D eigenvalue weighted by Crippen LogP contribution is 2.42. The fourth-order valence-electron chi connectivity index (χ4n) is 5.85. The van der Waals surface area contributed by atoms with E-state index < -0.39 is 0 Å². The van der Waals surface area contributed by atoms with Crippen molar-refractivity contribution in [1.29, 1.82) is 0 Å². The molecule has 0 aromatic carbocycles. The molecule has 2 nitrogen and oxygen atoms in total. The molecule has 3 rings (SSSR count). The zero-order valence-corrected chi connectivity index (χ0v) is 18.9. The molecule has 2 heteroatoms. The van der Waals surface area contributed by atoms with E-state index in [4.69, 9.17) is 0 Å². The molecule has 0 atom stereocenters. The van der Waals surface area contributed by atoms with Gasteiger partial charge in [-0.25, -0.2) is 0 Å². The molecule has 1 saturated carbocycles. The van der Waals surface area contributed by atoms with E-state index in [1.54, 1.807) is 5.57 Å². The van der Waals surface area contributed by atoms with E-state index in [-0.39, 0.29) is 5.54 Å². The molecule has 0 aromatic rings. The Morgan fingerprint density at radius 3 is 2.11 bits per heavy atom. The van der Waals surface area contributed by atoms with Gasteiger partial charge < -0.3 is 0 Å². The molecule has 0 bridgehead atoms. The van der Waals surface area contributed by atoms with Crippen LogP contribution in [0.5, 0.6) is 0 Å². The van der Waals surface area contributed by atoms with Crippen molar-refractivity contribution in [2.75, 3.05) is 26.2 Å². The van der Waals surface area contributed by atoms with E-state index >= 15 is 0 Å².